The van der Waals surface area contributed by atoms with Crippen LogP contribution < -0.4 is 21.7 Å². The molecule has 0 aromatic carbocycles. The molecule has 0 aliphatic heterocycles. The van der Waals surface area contributed by atoms with Crippen molar-refractivity contribution in [3.8, 4) is 0 Å². The molecule has 0 bridgehead atoms. The lowest BCUT2D eigenvalue weighted by molar-refractivity contribution is -0.181. The summed E-state index contributed by atoms with van der Waals surface area (Å²) >= 11 is 0. The largest absolute Gasteiger partial charge is 0.356 e. The van der Waals surface area contributed by atoms with Crippen LogP contribution in [0.4, 0.5) is 0 Å². The number of unbranched alkanes of at least 4 members (excludes halogenated alkanes) is 1. The number of fused-ring (bicyclic) bond motifs is 7. The van der Waals surface area contributed by atoms with Gasteiger partial charge in [-0.25, -0.2) is 0 Å². The van der Waals surface area contributed by atoms with Crippen molar-refractivity contribution in [2.75, 3.05) is 39.3 Å². The van der Waals surface area contributed by atoms with Gasteiger partial charge in [-0.15, -0.1) is 0 Å². The molecular weight excluding hydrogens is 655 g/mol. The Morgan fingerprint density at radius 3 is 2.32 bits per heavy atom. The van der Waals surface area contributed by atoms with Crippen molar-refractivity contribution in [2.24, 2.45) is 62.4 Å². The van der Waals surface area contributed by atoms with Crippen LogP contribution in [-0.2, 0) is 9.59 Å². The Bertz CT molecular complexity index is 1520. The fourth-order valence-electron chi connectivity index (χ4n) is 13.1. The molecule has 5 aliphatic carbocycles. The number of carbonyl (C=O) groups is 2. The summed E-state index contributed by atoms with van der Waals surface area (Å²) in [6.07, 6.45) is 21.1. The number of amides is 1. The fraction of sp³-hybridized carbons (Fsp3) is 0.761. The average molecular weight is 728 g/mol. The fourth-order valence-corrected chi connectivity index (χ4v) is 13.1. The van der Waals surface area contributed by atoms with Crippen molar-refractivity contribution in [3.63, 3.8) is 0 Å². The quantitative estimate of drug-likeness (QED) is 0.0876. The van der Waals surface area contributed by atoms with E-state index < -0.39 is 5.41 Å². The zero-order valence-electron chi connectivity index (χ0n) is 34.4. The smallest absolute Gasteiger partial charge is 0.226 e. The predicted molar refractivity (Wildman–Crippen MR) is 218 cm³/mol. The molecule has 1 aromatic rings. The highest BCUT2D eigenvalue weighted by atomic mass is 16.2. The predicted octanol–water partition coefficient (Wildman–Crippen LogP) is 8.12. The molecule has 7 nitrogen and oxygen atoms in total. The highest BCUT2D eigenvalue weighted by Gasteiger charge is 2.69. The molecule has 4 saturated carbocycles. The topological polar surface area (TPSA) is 109 Å². The molecule has 1 heterocycles. The number of rotatable bonds is 14. The number of ketones is 1. The highest BCUT2D eigenvalue weighted by molar-refractivity contribution is 6.04. The monoisotopic (exact) mass is 728 g/mol. The van der Waals surface area contributed by atoms with Crippen LogP contribution in [-0.4, -0.2) is 55.9 Å². The van der Waals surface area contributed by atoms with E-state index in [1.165, 1.54) is 6.42 Å². The van der Waals surface area contributed by atoms with Gasteiger partial charge in [0.1, 0.15) is 0 Å². The zero-order chi connectivity index (χ0) is 38.1. The third kappa shape index (κ3) is 7.14. The first-order valence-corrected chi connectivity index (χ1v) is 21.5. The van der Waals surface area contributed by atoms with E-state index in [4.69, 9.17) is 5.73 Å². The molecule has 1 amide bonds. The van der Waals surface area contributed by atoms with Crippen molar-refractivity contribution in [2.45, 2.75) is 126 Å². The lowest BCUT2D eigenvalue weighted by Crippen LogP contribution is -2.65. The molecule has 0 unspecified atom stereocenters. The van der Waals surface area contributed by atoms with Crippen LogP contribution >= 0.6 is 0 Å². The maximum absolute atomic E-state index is 14.5. The lowest BCUT2D eigenvalue weighted by Gasteiger charge is -2.71. The summed E-state index contributed by atoms with van der Waals surface area (Å²) < 4.78 is 0. The molecule has 0 spiro atoms. The van der Waals surface area contributed by atoms with Gasteiger partial charge in [-0.3, -0.25) is 14.6 Å². The number of Topliss-reactive ketones (excluding diaryl/α,β-unsaturated/α-hetero) is 1. The molecule has 0 saturated heterocycles. The zero-order valence-corrected chi connectivity index (χ0v) is 34.4. The van der Waals surface area contributed by atoms with Crippen molar-refractivity contribution in [3.05, 3.63) is 47.3 Å². The minimum absolute atomic E-state index is 0.0102. The molecule has 5 N–H and O–H groups in total. The minimum atomic E-state index is -0.405. The minimum Gasteiger partial charge on any atom is -0.356 e. The Morgan fingerprint density at radius 2 is 1.62 bits per heavy atom. The van der Waals surface area contributed by atoms with E-state index in [0.717, 1.165) is 121 Å². The first-order chi connectivity index (χ1) is 25.3. The van der Waals surface area contributed by atoms with Crippen LogP contribution in [0, 0.1) is 56.7 Å². The number of nitrogens with one attached hydrogen (secondary N) is 3. The van der Waals surface area contributed by atoms with Gasteiger partial charge in [-0.05, 0) is 179 Å². The molecule has 6 rings (SSSR count). The van der Waals surface area contributed by atoms with E-state index in [1.54, 1.807) is 11.8 Å². The van der Waals surface area contributed by atoms with Gasteiger partial charge in [-0.2, -0.15) is 0 Å². The van der Waals surface area contributed by atoms with Crippen LogP contribution in [0.5, 0.6) is 0 Å². The Labute approximate surface area is 322 Å². The Balaban J connectivity index is 1.19. The maximum atomic E-state index is 14.5. The first-order valence-electron chi connectivity index (χ1n) is 21.5. The van der Waals surface area contributed by atoms with Crippen LogP contribution in [0.25, 0.3) is 6.08 Å². The summed E-state index contributed by atoms with van der Waals surface area (Å²) in [5.74, 6) is 2.83. The van der Waals surface area contributed by atoms with E-state index in [0.29, 0.717) is 35.4 Å². The van der Waals surface area contributed by atoms with Crippen molar-refractivity contribution >= 4 is 17.8 Å². The normalized spacial score (nSPS) is 38.3. The summed E-state index contributed by atoms with van der Waals surface area (Å²) in [6, 6.07) is 4.03. The van der Waals surface area contributed by atoms with Gasteiger partial charge in [0, 0.05) is 24.4 Å². The molecular formula is C46H73N5O2. The number of aromatic nitrogens is 1. The van der Waals surface area contributed by atoms with E-state index in [2.05, 4.69) is 87.6 Å². The Morgan fingerprint density at radius 1 is 0.906 bits per heavy atom. The molecule has 53 heavy (non-hydrogen) atoms. The number of nitrogens with zero attached hydrogens (tertiary/aromatic N) is 1. The van der Waals surface area contributed by atoms with Gasteiger partial charge in [0.15, 0.2) is 5.78 Å². The lowest BCUT2D eigenvalue weighted by atomic mass is 9.33. The van der Waals surface area contributed by atoms with Gasteiger partial charge >= 0.3 is 0 Å². The number of allylic oxidation sites excluding steroid dienone is 3. The van der Waals surface area contributed by atoms with Gasteiger partial charge in [-0.1, -0.05) is 66.2 Å². The third-order valence-electron chi connectivity index (χ3n) is 16.4. The molecule has 5 aliphatic rings. The Kier molecular flexibility index (Phi) is 12.2. The van der Waals surface area contributed by atoms with Crippen LogP contribution in [0.3, 0.4) is 0 Å². The van der Waals surface area contributed by atoms with E-state index >= 15 is 0 Å². The first kappa shape index (κ1) is 40.3. The Hall–Kier alpha value is -2.35. The third-order valence-corrected chi connectivity index (χ3v) is 16.4. The molecule has 1 aromatic heterocycles. The molecule has 4 fully saturated rings. The summed E-state index contributed by atoms with van der Waals surface area (Å²) in [7, 11) is 0. The summed E-state index contributed by atoms with van der Waals surface area (Å²) in [4.78, 5) is 33.0. The molecule has 9 atom stereocenters. The van der Waals surface area contributed by atoms with Crippen LogP contribution in [0.2, 0.25) is 0 Å². The van der Waals surface area contributed by atoms with Crippen molar-refractivity contribution in [1.29, 1.82) is 0 Å². The second-order valence-electron chi connectivity index (χ2n) is 19.4. The number of hydrogen-bond acceptors (Lipinski definition) is 6. The van der Waals surface area contributed by atoms with E-state index in [1.807, 2.05) is 12.3 Å². The van der Waals surface area contributed by atoms with Gasteiger partial charge in [0.2, 0.25) is 5.91 Å². The van der Waals surface area contributed by atoms with E-state index in [-0.39, 0.29) is 27.6 Å². The average Bonchev–Trinajstić information content (AvgIpc) is 3.13. The number of nitrogens with two attached hydrogens (primary N) is 1. The summed E-state index contributed by atoms with van der Waals surface area (Å²) in [5, 5.41) is 10.5. The van der Waals surface area contributed by atoms with Crippen LogP contribution in [0.1, 0.15) is 131 Å². The van der Waals surface area contributed by atoms with Crippen molar-refractivity contribution in [1.82, 2.24) is 20.9 Å². The second kappa shape index (κ2) is 16.0. The van der Waals surface area contributed by atoms with Crippen molar-refractivity contribution < 1.29 is 9.59 Å². The number of pyridine rings is 1. The van der Waals surface area contributed by atoms with Crippen LogP contribution in [0.15, 0.2) is 41.7 Å². The highest BCUT2D eigenvalue weighted by Crippen LogP contribution is 2.75. The standard InChI is InChI=1S/C46H73N5O2/c1-32-16-19-46(41(53)51-28-12-27-49-24-9-8-23-48-26-11-22-47)21-20-44(6)36(39(46)33(32)2)14-15-38-43(5)30-35(29-34-13-10-25-50-31-34)40(52)42(3,4)37(43)17-18-45(38,44)7/h10,13-14,25,29,31-33,37-39,48-49H,8-9,11-12,15-24,26-28,30,47H2,1-7H3,(H,51,53)/b35-29-/t32-,33+,37+,38-,39+,43+,44-,45-,46+/m1/s1. The van der Waals surface area contributed by atoms with Gasteiger partial charge in [0.25, 0.3) is 0 Å². The van der Waals surface area contributed by atoms with Gasteiger partial charge < -0.3 is 21.7 Å². The maximum Gasteiger partial charge on any atom is 0.226 e. The SMILES string of the molecule is C[C@H]1[C@H](C)CC[C@]2(C(=O)NCCCNCCCCNCCCN)CC[C@]3(C)C(=CC[C@@H]4[C@@]5(C)C/C(=C/c6cccnc6)C(=O)C(C)(C)[C@@H]5CC[C@]43C)[C@H]12. The second-order valence-corrected chi connectivity index (χ2v) is 19.4. The summed E-state index contributed by atoms with van der Waals surface area (Å²) in [6.45, 7) is 22.6. The molecule has 0 radical (unpaired) electrons. The van der Waals surface area contributed by atoms with E-state index in [9.17, 15) is 9.59 Å². The summed E-state index contributed by atoms with van der Waals surface area (Å²) in [5.41, 5.74) is 8.60. The molecule has 7 heteroatoms. The molecule has 294 valence electrons. The number of hydrogen-bond donors (Lipinski definition) is 4. The number of carbonyl (C=O) groups excluding carboxylic acids is 2. The van der Waals surface area contributed by atoms with Gasteiger partial charge in [0.05, 0.1) is 5.41 Å².